The summed E-state index contributed by atoms with van der Waals surface area (Å²) in [5.41, 5.74) is 4.40. The van der Waals surface area contributed by atoms with Gasteiger partial charge in [-0.15, -0.1) is 11.3 Å². The molecule has 0 unspecified atom stereocenters. The zero-order valence-corrected chi connectivity index (χ0v) is 15.6. The zero-order chi connectivity index (χ0) is 18.1. The maximum Gasteiger partial charge on any atom is 0.188 e. The number of anilines is 3. The van der Waals surface area contributed by atoms with Crippen molar-refractivity contribution in [3.05, 3.63) is 53.9 Å². The molecule has 4 aromatic rings. The van der Waals surface area contributed by atoms with Gasteiger partial charge in [0, 0.05) is 48.2 Å². The normalized spacial score (nSPS) is 14.6. The van der Waals surface area contributed by atoms with Crippen molar-refractivity contribution in [3.63, 3.8) is 0 Å². The Morgan fingerprint density at radius 3 is 2.67 bits per heavy atom. The Kier molecular flexibility index (Phi) is 4.23. The van der Waals surface area contributed by atoms with E-state index in [1.807, 2.05) is 24.3 Å². The van der Waals surface area contributed by atoms with Crippen molar-refractivity contribution in [2.75, 3.05) is 36.4 Å². The summed E-state index contributed by atoms with van der Waals surface area (Å²) in [5, 5.41) is 18.1. The summed E-state index contributed by atoms with van der Waals surface area (Å²) < 4.78 is 0. The van der Waals surface area contributed by atoms with Crippen LogP contribution in [-0.2, 0) is 0 Å². The average molecular weight is 376 g/mol. The highest BCUT2D eigenvalue weighted by molar-refractivity contribution is 7.14. The lowest BCUT2D eigenvalue weighted by Crippen LogP contribution is -2.43. The molecule has 1 fully saturated rings. The fourth-order valence-electron chi connectivity index (χ4n) is 3.39. The van der Waals surface area contributed by atoms with E-state index in [2.05, 4.69) is 55.4 Å². The summed E-state index contributed by atoms with van der Waals surface area (Å²) in [6.45, 7) is 4.21. The minimum absolute atomic E-state index is 0.806. The van der Waals surface area contributed by atoms with Gasteiger partial charge in [-0.2, -0.15) is 5.10 Å². The molecule has 27 heavy (non-hydrogen) atoms. The Bertz CT molecular complexity index is 1050. The number of hydrogen-bond donors (Lipinski definition) is 3. The van der Waals surface area contributed by atoms with Crippen LogP contribution in [0.15, 0.2) is 53.9 Å². The third-order valence-electron chi connectivity index (χ3n) is 4.85. The van der Waals surface area contributed by atoms with Crippen LogP contribution in [0.5, 0.6) is 0 Å². The second-order valence-electron chi connectivity index (χ2n) is 6.56. The molecule has 3 N–H and O–H groups in total. The van der Waals surface area contributed by atoms with Crippen molar-refractivity contribution in [2.45, 2.75) is 0 Å². The van der Waals surface area contributed by atoms with Crippen LogP contribution in [-0.4, -0.2) is 41.4 Å². The van der Waals surface area contributed by atoms with E-state index in [0.29, 0.717) is 0 Å². The number of thiazole rings is 1. The molecule has 0 atom stereocenters. The molecule has 0 amide bonds. The molecule has 1 aliphatic heterocycles. The van der Waals surface area contributed by atoms with Crippen molar-refractivity contribution >= 4 is 38.9 Å². The highest BCUT2D eigenvalue weighted by atomic mass is 32.1. The number of H-pyrrole nitrogens is 1. The molecule has 0 bridgehead atoms. The number of aromatic amines is 1. The molecule has 1 aliphatic rings. The van der Waals surface area contributed by atoms with E-state index >= 15 is 0 Å². The molecule has 0 radical (unpaired) electrons. The van der Waals surface area contributed by atoms with Crippen molar-refractivity contribution < 1.29 is 0 Å². The molecule has 136 valence electrons. The first-order valence-electron chi connectivity index (χ1n) is 9.08. The van der Waals surface area contributed by atoms with Gasteiger partial charge >= 0.3 is 0 Å². The van der Waals surface area contributed by atoms with Crippen molar-refractivity contribution in [1.29, 1.82) is 0 Å². The van der Waals surface area contributed by atoms with E-state index in [1.165, 1.54) is 5.69 Å². The summed E-state index contributed by atoms with van der Waals surface area (Å²) in [5.74, 6) is 0.806. The molecule has 2 aromatic heterocycles. The second-order valence-corrected chi connectivity index (χ2v) is 7.42. The standard InChI is InChI=1S/C20H20N6S/c1-2-4-17-16(3-1)19(25-24-17)23-20-22-18(13-27-20)14-5-7-15(8-6-14)26-11-9-21-10-12-26/h1-8,13,21H,9-12H2,(H2,22,23,24,25). The average Bonchev–Trinajstić information content (AvgIpc) is 3.37. The molecule has 6 nitrogen and oxygen atoms in total. The predicted octanol–water partition coefficient (Wildman–Crippen LogP) is 3.84. The summed E-state index contributed by atoms with van der Waals surface area (Å²) >= 11 is 1.59. The van der Waals surface area contributed by atoms with Crippen LogP contribution in [0.1, 0.15) is 0 Å². The van der Waals surface area contributed by atoms with Gasteiger partial charge in [-0.1, -0.05) is 24.3 Å². The fourth-order valence-corrected chi connectivity index (χ4v) is 4.11. The fraction of sp³-hybridized carbons (Fsp3) is 0.200. The van der Waals surface area contributed by atoms with Gasteiger partial charge in [-0.05, 0) is 24.3 Å². The predicted molar refractivity (Wildman–Crippen MR) is 112 cm³/mol. The number of hydrogen-bond acceptors (Lipinski definition) is 6. The molecular formula is C20H20N6S. The van der Waals surface area contributed by atoms with E-state index in [9.17, 15) is 0 Å². The van der Waals surface area contributed by atoms with Crippen LogP contribution in [0.2, 0.25) is 0 Å². The van der Waals surface area contributed by atoms with Gasteiger partial charge in [0.25, 0.3) is 0 Å². The zero-order valence-electron chi connectivity index (χ0n) is 14.8. The number of aromatic nitrogens is 3. The van der Waals surface area contributed by atoms with Crippen molar-refractivity contribution in [3.8, 4) is 11.3 Å². The third kappa shape index (κ3) is 3.27. The van der Waals surface area contributed by atoms with Crippen molar-refractivity contribution in [2.24, 2.45) is 0 Å². The molecule has 0 saturated carbocycles. The molecule has 2 aromatic carbocycles. The van der Waals surface area contributed by atoms with Crippen LogP contribution in [0.3, 0.4) is 0 Å². The number of benzene rings is 2. The summed E-state index contributed by atoms with van der Waals surface area (Å²) in [7, 11) is 0. The third-order valence-corrected chi connectivity index (χ3v) is 5.60. The molecule has 0 aliphatic carbocycles. The Labute approximate surface area is 161 Å². The lowest BCUT2D eigenvalue weighted by atomic mass is 10.1. The quantitative estimate of drug-likeness (QED) is 0.505. The minimum Gasteiger partial charge on any atom is -0.369 e. The summed E-state index contributed by atoms with van der Waals surface area (Å²) in [4.78, 5) is 7.15. The Balaban J connectivity index is 1.34. The number of nitrogens with zero attached hydrogens (tertiary/aromatic N) is 3. The van der Waals surface area contributed by atoms with Gasteiger partial charge in [0.1, 0.15) is 0 Å². The van der Waals surface area contributed by atoms with E-state index in [-0.39, 0.29) is 0 Å². The maximum atomic E-state index is 4.73. The second kappa shape index (κ2) is 7.02. The van der Waals surface area contributed by atoms with Crippen LogP contribution < -0.4 is 15.5 Å². The highest BCUT2D eigenvalue weighted by Gasteiger charge is 2.12. The summed E-state index contributed by atoms with van der Waals surface area (Å²) in [6.07, 6.45) is 0. The van der Waals surface area contributed by atoms with Gasteiger partial charge in [0.05, 0.1) is 11.2 Å². The van der Waals surface area contributed by atoms with E-state index in [1.54, 1.807) is 11.3 Å². The SMILES string of the molecule is c1ccc2c(Nc3nc(-c4ccc(N5CCNCC5)cc4)cs3)n[nH]c2c1. The van der Waals surface area contributed by atoms with Crippen LogP contribution in [0, 0.1) is 0 Å². The monoisotopic (exact) mass is 376 g/mol. The molecule has 5 rings (SSSR count). The van der Waals surface area contributed by atoms with Gasteiger partial charge < -0.3 is 15.5 Å². The highest BCUT2D eigenvalue weighted by Crippen LogP contribution is 2.30. The van der Waals surface area contributed by atoms with Crippen LogP contribution in [0.4, 0.5) is 16.6 Å². The van der Waals surface area contributed by atoms with Gasteiger partial charge in [-0.3, -0.25) is 5.10 Å². The molecular weight excluding hydrogens is 356 g/mol. The van der Waals surface area contributed by atoms with Crippen LogP contribution in [0.25, 0.3) is 22.2 Å². The van der Waals surface area contributed by atoms with E-state index in [4.69, 9.17) is 4.98 Å². The Morgan fingerprint density at radius 1 is 1.00 bits per heavy atom. The van der Waals surface area contributed by atoms with Gasteiger partial charge in [0.15, 0.2) is 10.9 Å². The lowest BCUT2D eigenvalue weighted by molar-refractivity contribution is 0.589. The smallest absolute Gasteiger partial charge is 0.188 e. The van der Waals surface area contributed by atoms with Crippen molar-refractivity contribution in [1.82, 2.24) is 20.5 Å². The Hall–Kier alpha value is -2.90. The molecule has 0 spiro atoms. The maximum absolute atomic E-state index is 4.73. The largest absolute Gasteiger partial charge is 0.369 e. The number of rotatable bonds is 4. The first kappa shape index (κ1) is 16.3. The number of para-hydroxylation sites is 1. The number of nitrogens with one attached hydrogen (secondary N) is 3. The first-order valence-corrected chi connectivity index (χ1v) is 9.96. The summed E-state index contributed by atoms with van der Waals surface area (Å²) in [6, 6.07) is 16.8. The van der Waals surface area contributed by atoms with E-state index < -0.39 is 0 Å². The van der Waals surface area contributed by atoms with E-state index in [0.717, 1.165) is 59.3 Å². The van der Waals surface area contributed by atoms with Gasteiger partial charge in [0.2, 0.25) is 0 Å². The van der Waals surface area contributed by atoms with Gasteiger partial charge in [-0.25, -0.2) is 4.98 Å². The molecule has 7 heteroatoms. The lowest BCUT2D eigenvalue weighted by Gasteiger charge is -2.29. The molecule has 3 heterocycles. The minimum atomic E-state index is 0.806. The Morgan fingerprint density at radius 2 is 1.81 bits per heavy atom. The van der Waals surface area contributed by atoms with Crippen LogP contribution >= 0.6 is 11.3 Å². The number of fused-ring (bicyclic) bond motifs is 1. The molecule has 1 saturated heterocycles. The number of piperazine rings is 1. The first-order chi connectivity index (χ1) is 13.4. The topological polar surface area (TPSA) is 68.9 Å².